The summed E-state index contributed by atoms with van der Waals surface area (Å²) in [6.45, 7) is 11.6. The van der Waals surface area contributed by atoms with E-state index in [0.29, 0.717) is 29.8 Å². The van der Waals surface area contributed by atoms with Crippen LogP contribution in [0, 0.1) is 28.6 Å². The Hall–Kier alpha value is -1.05. The summed E-state index contributed by atoms with van der Waals surface area (Å²) in [5.74, 6) is 1.84. The Labute approximate surface area is 147 Å². The van der Waals surface area contributed by atoms with E-state index in [1.165, 1.54) is 39.0 Å². The standard InChI is InChI=1S/C22H34O2/c1-15(2)17-7-9-19-18(13-17)8-10-20-21(4,14-24-16(3)23)11-6-12-22(19,20)5/h8,13,15,19-20H,6-7,9-12,14H2,1-5H3/t19-,20?,21-,22-/m1/s1. The zero-order chi connectivity index (χ0) is 17.5. The minimum Gasteiger partial charge on any atom is -0.465 e. The highest BCUT2D eigenvalue weighted by atomic mass is 16.5. The van der Waals surface area contributed by atoms with E-state index in [4.69, 9.17) is 4.74 Å². The highest BCUT2D eigenvalue weighted by molar-refractivity contribution is 5.65. The third-order valence-corrected chi connectivity index (χ3v) is 7.31. The lowest BCUT2D eigenvalue weighted by molar-refractivity contribution is -0.151. The fourth-order valence-corrected chi connectivity index (χ4v) is 5.91. The minimum absolute atomic E-state index is 0.128. The second-order valence-corrected chi connectivity index (χ2v) is 9.25. The van der Waals surface area contributed by atoms with Crippen LogP contribution >= 0.6 is 0 Å². The van der Waals surface area contributed by atoms with Gasteiger partial charge in [-0.25, -0.2) is 0 Å². The summed E-state index contributed by atoms with van der Waals surface area (Å²) < 4.78 is 5.49. The van der Waals surface area contributed by atoms with Crippen molar-refractivity contribution < 1.29 is 9.53 Å². The molecule has 3 rings (SSSR count). The van der Waals surface area contributed by atoms with Gasteiger partial charge in [0.25, 0.3) is 0 Å². The maximum atomic E-state index is 11.4. The molecule has 0 aromatic carbocycles. The molecule has 1 fully saturated rings. The summed E-state index contributed by atoms with van der Waals surface area (Å²) in [5, 5.41) is 0. The molecule has 0 spiro atoms. The van der Waals surface area contributed by atoms with Crippen molar-refractivity contribution in [3.05, 3.63) is 23.3 Å². The molecule has 0 saturated heterocycles. The molecular weight excluding hydrogens is 296 g/mol. The van der Waals surface area contributed by atoms with E-state index >= 15 is 0 Å². The topological polar surface area (TPSA) is 26.3 Å². The van der Waals surface area contributed by atoms with Crippen LogP contribution in [-0.2, 0) is 9.53 Å². The zero-order valence-electron chi connectivity index (χ0n) is 16.2. The summed E-state index contributed by atoms with van der Waals surface area (Å²) in [7, 11) is 0. The fourth-order valence-electron chi connectivity index (χ4n) is 5.91. The number of fused-ring (bicyclic) bond motifs is 3. The van der Waals surface area contributed by atoms with Crippen LogP contribution in [0.4, 0.5) is 0 Å². The lowest BCUT2D eigenvalue weighted by Gasteiger charge is -2.58. The number of hydrogen-bond acceptors (Lipinski definition) is 2. The summed E-state index contributed by atoms with van der Waals surface area (Å²) in [5.41, 5.74) is 3.71. The van der Waals surface area contributed by atoms with Gasteiger partial charge in [-0.05, 0) is 60.8 Å². The van der Waals surface area contributed by atoms with Crippen LogP contribution in [0.1, 0.15) is 73.1 Å². The Morgan fingerprint density at radius 2 is 2.08 bits per heavy atom. The Balaban J connectivity index is 1.90. The van der Waals surface area contributed by atoms with Gasteiger partial charge in [0.2, 0.25) is 0 Å². The SMILES string of the molecule is CC(=O)OC[C@@]1(C)CCC[C@@]2(C)C1CC=C1C=C(C(C)C)CC[C@H]12. The van der Waals surface area contributed by atoms with Crippen LogP contribution in [0.5, 0.6) is 0 Å². The van der Waals surface area contributed by atoms with E-state index in [-0.39, 0.29) is 11.4 Å². The van der Waals surface area contributed by atoms with Gasteiger partial charge in [-0.1, -0.05) is 51.8 Å². The van der Waals surface area contributed by atoms with Gasteiger partial charge in [0.1, 0.15) is 0 Å². The van der Waals surface area contributed by atoms with Crippen molar-refractivity contribution in [3.63, 3.8) is 0 Å². The summed E-state index contributed by atoms with van der Waals surface area (Å²) in [6, 6.07) is 0. The summed E-state index contributed by atoms with van der Waals surface area (Å²) in [6.07, 6.45) is 12.5. The molecule has 0 N–H and O–H groups in total. The number of carbonyl (C=O) groups excluding carboxylic acids is 1. The first-order valence-electron chi connectivity index (χ1n) is 9.80. The van der Waals surface area contributed by atoms with Gasteiger partial charge in [-0.2, -0.15) is 0 Å². The Kier molecular flexibility index (Phi) is 4.70. The molecule has 0 aromatic rings. The molecule has 1 saturated carbocycles. The third-order valence-electron chi connectivity index (χ3n) is 7.31. The van der Waals surface area contributed by atoms with Gasteiger partial charge in [-0.3, -0.25) is 4.79 Å². The monoisotopic (exact) mass is 330 g/mol. The van der Waals surface area contributed by atoms with E-state index in [1.54, 1.807) is 11.1 Å². The van der Waals surface area contributed by atoms with Crippen molar-refractivity contribution in [2.75, 3.05) is 6.61 Å². The van der Waals surface area contributed by atoms with Gasteiger partial charge >= 0.3 is 5.97 Å². The van der Waals surface area contributed by atoms with Gasteiger partial charge in [0.05, 0.1) is 6.61 Å². The molecule has 4 atom stereocenters. The van der Waals surface area contributed by atoms with Gasteiger partial charge in [0, 0.05) is 12.3 Å². The number of esters is 1. The molecule has 3 aliphatic carbocycles. The molecule has 1 unspecified atom stereocenters. The van der Waals surface area contributed by atoms with E-state index < -0.39 is 0 Å². The van der Waals surface area contributed by atoms with Crippen LogP contribution in [0.3, 0.4) is 0 Å². The van der Waals surface area contributed by atoms with Gasteiger partial charge in [-0.15, -0.1) is 0 Å². The van der Waals surface area contributed by atoms with Gasteiger partial charge in [0.15, 0.2) is 0 Å². The fraction of sp³-hybridized carbons (Fsp3) is 0.773. The second kappa shape index (κ2) is 6.35. The quantitative estimate of drug-likeness (QED) is 0.622. The molecule has 0 heterocycles. The van der Waals surface area contributed by atoms with E-state index in [9.17, 15) is 4.79 Å². The first-order valence-corrected chi connectivity index (χ1v) is 9.80. The van der Waals surface area contributed by atoms with Crippen LogP contribution in [0.15, 0.2) is 23.3 Å². The number of ether oxygens (including phenoxy) is 1. The lowest BCUT2D eigenvalue weighted by atomic mass is 9.47. The van der Waals surface area contributed by atoms with Crippen LogP contribution in [0.2, 0.25) is 0 Å². The highest BCUT2D eigenvalue weighted by Crippen LogP contribution is 2.62. The highest BCUT2D eigenvalue weighted by Gasteiger charge is 2.54. The molecule has 0 aromatic heterocycles. The van der Waals surface area contributed by atoms with E-state index in [2.05, 4.69) is 39.8 Å². The number of carbonyl (C=O) groups is 1. The maximum absolute atomic E-state index is 11.4. The first-order chi connectivity index (χ1) is 11.3. The number of hydrogen-bond donors (Lipinski definition) is 0. The largest absolute Gasteiger partial charge is 0.465 e. The Morgan fingerprint density at radius 1 is 1.33 bits per heavy atom. The Morgan fingerprint density at radius 3 is 2.75 bits per heavy atom. The zero-order valence-corrected chi connectivity index (χ0v) is 16.2. The summed E-state index contributed by atoms with van der Waals surface area (Å²) in [4.78, 5) is 11.4. The van der Waals surface area contributed by atoms with Crippen LogP contribution < -0.4 is 0 Å². The minimum atomic E-state index is -0.141. The normalized spacial score (nSPS) is 38.8. The van der Waals surface area contributed by atoms with Crippen molar-refractivity contribution in [1.82, 2.24) is 0 Å². The van der Waals surface area contributed by atoms with Crippen molar-refractivity contribution in [3.8, 4) is 0 Å². The molecule has 24 heavy (non-hydrogen) atoms. The van der Waals surface area contributed by atoms with Crippen molar-refractivity contribution in [1.29, 1.82) is 0 Å². The predicted octanol–water partition coefficient (Wildman–Crippen LogP) is 5.68. The number of rotatable bonds is 3. The smallest absolute Gasteiger partial charge is 0.302 e. The van der Waals surface area contributed by atoms with Crippen molar-refractivity contribution >= 4 is 5.97 Å². The van der Waals surface area contributed by atoms with Crippen molar-refractivity contribution in [2.24, 2.45) is 28.6 Å². The predicted molar refractivity (Wildman–Crippen MR) is 98.5 cm³/mol. The van der Waals surface area contributed by atoms with E-state index in [0.717, 1.165) is 6.42 Å². The van der Waals surface area contributed by atoms with Crippen molar-refractivity contribution in [2.45, 2.75) is 73.1 Å². The Bertz CT molecular complexity index is 571. The molecule has 2 nitrogen and oxygen atoms in total. The number of allylic oxidation sites excluding steroid dienone is 4. The molecule has 3 aliphatic rings. The summed E-state index contributed by atoms with van der Waals surface area (Å²) >= 11 is 0. The second-order valence-electron chi connectivity index (χ2n) is 9.25. The van der Waals surface area contributed by atoms with Crippen LogP contribution in [0.25, 0.3) is 0 Å². The maximum Gasteiger partial charge on any atom is 0.302 e. The third kappa shape index (κ3) is 2.97. The van der Waals surface area contributed by atoms with Gasteiger partial charge < -0.3 is 4.74 Å². The molecule has 0 radical (unpaired) electrons. The van der Waals surface area contributed by atoms with Crippen LogP contribution in [-0.4, -0.2) is 12.6 Å². The molecule has 134 valence electrons. The average molecular weight is 331 g/mol. The lowest BCUT2D eigenvalue weighted by Crippen LogP contribution is -2.51. The first kappa shape index (κ1) is 17.8. The van der Waals surface area contributed by atoms with E-state index in [1.807, 2.05) is 0 Å². The molecule has 0 bridgehead atoms. The molecular formula is C22H34O2. The molecule has 2 heteroatoms. The molecule has 0 aliphatic heterocycles. The molecule has 0 amide bonds. The average Bonchev–Trinajstić information content (AvgIpc) is 2.52.